The Balaban J connectivity index is 1.58. The summed E-state index contributed by atoms with van der Waals surface area (Å²) in [5.74, 6) is 2.17. The van der Waals surface area contributed by atoms with E-state index in [9.17, 15) is 4.79 Å². The lowest BCUT2D eigenvalue weighted by Gasteiger charge is -2.12. The summed E-state index contributed by atoms with van der Waals surface area (Å²) in [6.45, 7) is 2.87. The second-order valence-corrected chi connectivity index (χ2v) is 8.10. The van der Waals surface area contributed by atoms with E-state index in [1.54, 1.807) is 12.3 Å². The molecule has 1 amide bonds. The molecule has 32 heavy (non-hydrogen) atoms. The van der Waals surface area contributed by atoms with Crippen molar-refractivity contribution in [2.75, 3.05) is 12.4 Å². The van der Waals surface area contributed by atoms with Crippen molar-refractivity contribution in [3.05, 3.63) is 77.7 Å². The number of furan rings is 1. The van der Waals surface area contributed by atoms with E-state index in [-0.39, 0.29) is 11.7 Å². The molecule has 2 aromatic carbocycles. The van der Waals surface area contributed by atoms with Crippen LogP contribution < -0.4 is 10.1 Å². The molecule has 4 rings (SSSR count). The van der Waals surface area contributed by atoms with Gasteiger partial charge in [-0.15, -0.1) is 10.2 Å². The van der Waals surface area contributed by atoms with Gasteiger partial charge in [-0.25, -0.2) is 0 Å². The molecule has 0 aliphatic rings. The van der Waals surface area contributed by atoms with Crippen LogP contribution in [0, 0.1) is 0 Å². The molecule has 2 heterocycles. The molecule has 0 saturated carbocycles. The van der Waals surface area contributed by atoms with E-state index in [0.717, 1.165) is 17.0 Å². The van der Waals surface area contributed by atoms with Crippen LogP contribution in [0.4, 0.5) is 0 Å². The number of aromatic nitrogens is 3. The molecule has 0 aliphatic heterocycles. The number of thioether (sulfide) groups is 1. The predicted octanol–water partition coefficient (Wildman–Crippen LogP) is 4.99. The molecule has 0 saturated heterocycles. The molecule has 0 aliphatic carbocycles. The minimum absolute atomic E-state index is 0.128. The molecule has 0 fully saturated rings. The van der Waals surface area contributed by atoms with Crippen molar-refractivity contribution in [2.24, 2.45) is 0 Å². The second-order valence-electron chi connectivity index (χ2n) is 6.72. The highest BCUT2D eigenvalue weighted by molar-refractivity contribution is 7.99. The fourth-order valence-corrected chi connectivity index (χ4v) is 4.02. The van der Waals surface area contributed by atoms with E-state index in [4.69, 9.17) is 20.8 Å². The Labute approximate surface area is 194 Å². The maximum Gasteiger partial charge on any atom is 0.230 e. The highest BCUT2D eigenvalue weighted by atomic mass is 35.5. The molecule has 1 N–H and O–H groups in total. The van der Waals surface area contributed by atoms with Gasteiger partial charge >= 0.3 is 0 Å². The number of rotatable bonds is 9. The summed E-state index contributed by atoms with van der Waals surface area (Å²) in [4.78, 5) is 12.3. The fraction of sp³-hybridized carbons (Fsp3) is 0.174. The van der Waals surface area contributed by atoms with Crippen molar-refractivity contribution >= 4 is 29.3 Å². The quantitative estimate of drug-likeness (QED) is 0.348. The summed E-state index contributed by atoms with van der Waals surface area (Å²) in [5, 5.41) is 12.8. The standard InChI is InChI=1S/C23H21ClN4O3S/c1-2-30-19-10-8-18(9-11-19)28-22(16-5-3-6-17(24)13-16)26-27-23(28)32-15-21(29)25-14-20-7-4-12-31-20/h3-13H,2,14-15H2,1H3,(H,25,29). The van der Waals surface area contributed by atoms with Gasteiger partial charge in [-0.05, 0) is 55.5 Å². The number of benzene rings is 2. The Bertz CT molecular complexity index is 1180. The monoisotopic (exact) mass is 468 g/mol. The first-order valence-electron chi connectivity index (χ1n) is 10.0. The predicted molar refractivity (Wildman–Crippen MR) is 124 cm³/mol. The Morgan fingerprint density at radius 1 is 1.16 bits per heavy atom. The summed E-state index contributed by atoms with van der Waals surface area (Å²) < 4.78 is 12.7. The number of halogens is 1. The lowest BCUT2D eigenvalue weighted by molar-refractivity contribution is -0.118. The third-order valence-corrected chi connectivity index (χ3v) is 5.66. The van der Waals surface area contributed by atoms with E-state index in [1.165, 1.54) is 11.8 Å². The van der Waals surface area contributed by atoms with E-state index in [1.807, 2.05) is 66.1 Å². The van der Waals surface area contributed by atoms with Crippen molar-refractivity contribution in [1.29, 1.82) is 0 Å². The smallest absolute Gasteiger partial charge is 0.230 e. The van der Waals surface area contributed by atoms with Crippen LogP contribution in [-0.2, 0) is 11.3 Å². The van der Waals surface area contributed by atoms with Gasteiger partial charge in [-0.2, -0.15) is 0 Å². The molecule has 4 aromatic rings. The molecule has 0 spiro atoms. The van der Waals surface area contributed by atoms with Crippen molar-refractivity contribution in [3.63, 3.8) is 0 Å². The average Bonchev–Trinajstić information content (AvgIpc) is 3.47. The number of nitrogens with zero attached hydrogens (tertiary/aromatic N) is 3. The zero-order chi connectivity index (χ0) is 22.3. The average molecular weight is 469 g/mol. The fourth-order valence-electron chi connectivity index (χ4n) is 3.05. The van der Waals surface area contributed by atoms with Crippen LogP contribution in [0.3, 0.4) is 0 Å². The van der Waals surface area contributed by atoms with Crippen LogP contribution in [0.25, 0.3) is 17.1 Å². The Kier molecular flexibility index (Phi) is 7.14. The normalized spacial score (nSPS) is 10.8. The van der Waals surface area contributed by atoms with Gasteiger partial charge in [-0.3, -0.25) is 9.36 Å². The topological polar surface area (TPSA) is 82.2 Å². The first-order valence-corrected chi connectivity index (χ1v) is 11.4. The molecule has 0 bridgehead atoms. The highest BCUT2D eigenvalue weighted by Crippen LogP contribution is 2.30. The van der Waals surface area contributed by atoms with Crippen molar-refractivity contribution in [2.45, 2.75) is 18.6 Å². The number of carbonyl (C=O) groups excluding carboxylic acids is 1. The SMILES string of the molecule is CCOc1ccc(-n2c(SCC(=O)NCc3ccco3)nnc2-c2cccc(Cl)c2)cc1. The van der Waals surface area contributed by atoms with Gasteiger partial charge in [0.2, 0.25) is 5.91 Å². The zero-order valence-corrected chi connectivity index (χ0v) is 18.9. The number of amides is 1. The maximum absolute atomic E-state index is 12.3. The summed E-state index contributed by atoms with van der Waals surface area (Å²) in [5.41, 5.74) is 1.68. The lowest BCUT2D eigenvalue weighted by atomic mass is 10.2. The molecule has 0 radical (unpaired) electrons. The largest absolute Gasteiger partial charge is 0.494 e. The van der Waals surface area contributed by atoms with E-state index < -0.39 is 0 Å². The number of carbonyl (C=O) groups is 1. The number of nitrogens with one attached hydrogen (secondary N) is 1. The first kappa shape index (κ1) is 22.0. The van der Waals surface area contributed by atoms with E-state index >= 15 is 0 Å². The number of hydrogen-bond donors (Lipinski definition) is 1. The minimum atomic E-state index is -0.128. The third kappa shape index (κ3) is 5.33. The zero-order valence-electron chi connectivity index (χ0n) is 17.3. The molecule has 0 unspecified atom stereocenters. The lowest BCUT2D eigenvalue weighted by Crippen LogP contribution is -2.24. The summed E-state index contributed by atoms with van der Waals surface area (Å²) in [6.07, 6.45) is 1.58. The van der Waals surface area contributed by atoms with Gasteiger partial charge in [0, 0.05) is 16.3 Å². The molecule has 2 aromatic heterocycles. The highest BCUT2D eigenvalue weighted by Gasteiger charge is 2.18. The van der Waals surface area contributed by atoms with Crippen LogP contribution in [0.1, 0.15) is 12.7 Å². The van der Waals surface area contributed by atoms with Crippen LogP contribution in [0.5, 0.6) is 5.75 Å². The third-order valence-electron chi connectivity index (χ3n) is 4.49. The molecule has 9 heteroatoms. The van der Waals surface area contributed by atoms with Gasteiger partial charge in [-0.1, -0.05) is 35.5 Å². The summed E-state index contributed by atoms with van der Waals surface area (Å²) >= 11 is 7.50. The van der Waals surface area contributed by atoms with Crippen molar-refractivity contribution < 1.29 is 13.9 Å². The van der Waals surface area contributed by atoms with Crippen molar-refractivity contribution in [1.82, 2.24) is 20.1 Å². The van der Waals surface area contributed by atoms with Gasteiger partial charge in [0.15, 0.2) is 11.0 Å². The van der Waals surface area contributed by atoms with Crippen LogP contribution >= 0.6 is 23.4 Å². The molecule has 164 valence electrons. The minimum Gasteiger partial charge on any atom is -0.494 e. The van der Waals surface area contributed by atoms with Gasteiger partial charge in [0.25, 0.3) is 0 Å². The van der Waals surface area contributed by atoms with Crippen molar-refractivity contribution in [3.8, 4) is 22.8 Å². The Morgan fingerprint density at radius 3 is 2.72 bits per heavy atom. The summed E-state index contributed by atoms with van der Waals surface area (Å²) in [7, 11) is 0. The maximum atomic E-state index is 12.3. The number of hydrogen-bond acceptors (Lipinski definition) is 6. The second kappa shape index (κ2) is 10.4. The Morgan fingerprint density at radius 2 is 2.00 bits per heavy atom. The van der Waals surface area contributed by atoms with Gasteiger partial charge in [0.05, 0.1) is 25.2 Å². The molecule has 7 nitrogen and oxygen atoms in total. The molecular weight excluding hydrogens is 448 g/mol. The number of ether oxygens (including phenoxy) is 1. The van der Waals surface area contributed by atoms with Gasteiger partial charge < -0.3 is 14.5 Å². The molecule has 0 atom stereocenters. The summed E-state index contributed by atoms with van der Waals surface area (Å²) in [6, 6.07) is 18.7. The molecular formula is C23H21ClN4O3S. The first-order chi connectivity index (χ1) is 15.6. The van der Waals surface area contributed by atoms with E-state index in [2.05, 4.69) is 15.5 Å². The van der Waals surface area contributed by atoms with E-state index in [0.29, 0.717) is 34.9 Å². The Hall–Kier alpha value is -3.23. The van der Waals surface area contributed by atoms with Crippen LogP contribution in [-0.4, -0.2) is 33.0 Å². The van der Waals surface area contributed by atoms with Crippen LogP contribution in [0.2, 0.25) is 5.02 Å². The van der Waals surface area contributed by atoms with Gasteiger partial charge in [0.1, 0.15) is 11.5 Å². The van der Waals surface area contributed by atoms with Crippen LogP contribution in [0.15, 0.2) is 76.5 Å².